The van der Waals surface area contributed by atoms with Gasteiger partial charge in [-0.1, -0.05) is 17.7 Å². The van der Waals surface area contributed by atoms with Crippen molar-refractivity contribution in [3.63, 3.8) is 0 Å². The van der Waals surface area contributed by atoms with E-state index >= 15 is 0 Å². The molecule has 0 atom stereocenters. The molecule has 3 nitrogen and oxygen atoms in total. The topological polar surface area (TPSA) is 51.2 Å². The van der Waals surface area contributed by atoms with E-state index in [-0.39, 0.29) is 21.0 Å². The minimum Gasteiger partial charge on any atom is -0.295 e. The number of hydrogen-bond acceptors (Lipinski definition) is 3. The maximum absolute atomic E-state index is 11.9. The first-order valence-electron chi connectivity index (χ1n) is 4.97. The van der Waals surface area contributed by atoms with E-state index in [1.54, 1.807) is 0 Å². The largest absolute Gasteiger partial charge is 0.295 e. The van der Waals surface area contributed by atoms with Gasteiger partial charge in [0.15, 0.2) is 15.6 Å². The fourth-order valence-electron chi connectivity index (χ4n) is 1.51. The van der Waals surface area contributed by atoms with E-state index in [2.05, 4.69) is 0 Å². The predicted molar refractivity (Wildman–Crippen MR) is 61.7 cm³/mol. The van der Waals surface area contributed by atoms with Crippen LogP contribution >= 0.6 is 11.6 Å². The molecule has 1 aliphatic rings. The average Bonchev–Trinajstić information content (AvgIpc) is 2.99. The molecule has 1 aromatic carbocycles. The first kappa shape index (κ1) is 11.6. The molecule has 0 saturated heterocycles. The third-order valence-electron chi connectivity index (χ3n) is 2.61. The number of rotatable bonds is 3. The molecule has 0 heterocycles. The van der Waals surface area contributed by atoms with Crippen molar-refractivity contribution in [1.82, 2.24) is 0 Å². The summed E-state index contributed by atoms with van der Waals surface area (Å²) in [5.41, 5.74) is 0.430. The molecule has 0 radical (unpaired) electrons. The molecule has 16 heavy (non-hydrogen) atoms. The van der Waals surface area contributed by atoms with Crippen molar-refractivity contribution in [2.75, 3.05) is 0 Å². The van der Waals surface area contributed by atoms with Gasteiger partial charge in [0.1, 0.15) is 0 Å². The van der Waals surface area contributed by atoms with Gasteiger partial charge in [0.05, 0.1) is 15.2 Å². The molecule has 2 rings (SSSR count). The highest BCUT2D eigenvalue weighted by Gasteiger charge is 2.38. The summed E-state index contributed by atoms with van der Waals surface area (Å²) in [7, 11) is -3.28. The summed E-state index contributed by atoms with van der Waals surface area (Å²) in [5, 5.41) is -0.146. The second kappa shape index (κ2) is 3.86. The van der Waals surface area contributed by atoms with Crippen LogP contribution in [-0.4, -0.2) is 19.5 Å². The molecule has 1 aliphatic carbocycles. The highest BCUT2D eigenvalue weighted by molar-refractivity contribution is 7.92. The Morgan fingerprint density at radius 3 is 2.44 bits per heavy atom. The van der Waals surface area contributed by atoms with Gasteiger partial charge < -0.3 is 0 Å². The van der Waals surface area contributed by atoms with Crippen LogP contribution < -0.4 is 0 Å². The monoisotopic (exact) mass is 258 g/mol. The van der Waals surface area contributed by atoms with E-state index in [0.29, 0.717) is 18.4 Å². The summed E-state index contributed by atoms with van der Waals surface area (Å²) >= 11 is 5.90. The van der Waals surface area contributed by atoms with Gasteiger partial charge >= 0.3 is 0 Å². The first-order chi connectivity index (χ1) is 7.43. The van der Waals surface area contributed by atoms with Crippen molar-refractivity contribution < 1.29 is 13.2 Å². The standard InChI is InChI=1S/C11H11ClO3S/c1-7(13)8-2-5-11(10(12)6-8)16(14,15)9-3-4-9/h2,5-6,9H,3-4H2,1H3. The highest BCUT2D eigenvalue weighted by Crippen LogP contribution is 2.36. The lowest BCUT2D eigenvalue weighted by Crippen LogP contribution is -2.08. The molecule has 86 valence electrons. The van der Waals surface area contributed by atoms with Crippen molar-refractivity contribution >= 4 is 27.2 Å². The smallest absolute Gasteiger partial charge is 0.182 e. The Morgan fingerprint density at radius 2 is 2.00 bits per heavy atom. The number of benzene rings is 1. The molecule has 0 aromatic heterocycles. The summed E-state index contributed by atoms with van der Waals surface area (Å²) in [6.07, 6.45) is 1.40. The molecule has 0 amide bonds. The van der Waals surface area contributed by atoms with Crippen molar-refractivity contribution in [3.8, 4) is 0 Å². The van der Waals surface area contributed by atoms with E-state index in [1.807, 2.05) is 0 Å². The Labute approximate surface area is 99.3 Å². The molecular formula is C11H11ClO3S. The van der Waals surface area contributed by atoms with E-state index in [9.17, 15) is 13.2 Å². The van der Waals surface area contributed by atoms with Crippen LogP contribution in [0.1, 0.15) is 30.1 Å². The van der Waals surface area contributed by atoms with Crippen LogP contribution in [0.5, 0.6) is 0 Å². The van der Waals surface area contributed by atoms with Crippen LogP contribution in [0, 0.1) is 0 Å². The van der Waals surface area contributed by atoms with Gasteiger partial charge in [0.2, 0.25) is 0 Å². The number of hydrogen-bond donors (Lipinski definition) is 0. The Morgan fingerprint density at radius 1 is 1.38 bits per heavy atom. The van der Waals surface area contributed by atoms with E-state index in [1.165, 1.54) is 25.1 Å². The van der Waals surface area contributed by atoms with Crippen LogP contribution in [-0.2, 0) is 9.84 Å². The van der Waals surface area contributed by atoms with Gasteiger partial charge in [-0.3, -0.25) is 4.79 Å². The van der Waals surface area contributed by atoms with Gasteiger partial charge in [0, 0.05) is 5.56 Å². The summed E-state index contributed by atoms with van der Waals surface area (Å²) in [6.45, 7) is 1.42. The van der Waals surface area contributed by atoms with Crippen molar-refractivity contribution in [1.29, 1.82) is 0 Å². The molecule has 0 bridgehead atoms. The summed E-state index contributed by atoms with van der Waals surface area (Å²) in [6, 6.07) is 4.34. The zero-order valence-corrected chi connectivity index (χ0v) is 10.3. The molecule has 0 spiro atoms. The lowest BCUT2D eigenvalue weighted by molar-refractivity contribution is 0.101. The lowest BCUT2D eigenvalue weighted by atomic mass is 10.1. The molecule has 0 aliphatic heterocycles. The molecular weight excluding hydrogens is 248 g/mol. The summed E-state index contributed by atoms with van der Waals surface area (Å²) in [5.74, 6) is -0.128. The Kier molecular flexibility index (Phi) is 2.80. The van der Waals surface area contributed by atoms with E-state index in [4.69, 9.17) is 11.6 Å². The van der Waals surface area contributed by atoms with Gasteiger partial charge in [-0.2, -0.15) is 0 Å². The van der Waals surface area contributed by atoms with Crippen molar-refractivity contribution in [3.05, 3.63) is 28.8 Å². The molecule has 5 heteroatoms. The van der Waals surface area contributed by atoms with Gasteiger partial charge in [-0.25, -0.2) is 8.42 Å². The van der Waals surface area contributed by atoms with Crippen LogP contribution in [0.3, 0.4) is 0 Å². The second-order valence-electron chi connectivity index (χ2n) is 3.95. The number of halogens is 1. The van der Waals surface area contributed by atoms with E-state index < -0.39 is 9.84 Å². The van der Waals surface area contributed by atoms with Crippen molar-refractivity contribution in [2.24, 2.45) is 0 Å². The van der Waals surface area contributed by atoms with Crippen LogP contribution in [0.25, 0.3) is 0 Å². The fraction of sp³-hybridized carbons (Fsp3) is 0.364. The second-order valence-corrected chi connectivity index (χ2v) is 6.55. The predicted octanol–water partition coefficient (Wildman–Crippen LogP) is 2.48. The molecule has 1 aromatic rings. The lowest BCUT2D eigenvalue weighted by Gasteiger charge is -2.06. The number of carbonyl (C=O) groups is 1. The Bertz CT molecular complexity index is 544. The minimum atomic E-state index is -3.28. The third-order valence-corrected chi connectivity index (χ3v) is 5.35. The fourth-order valence-corrected chi connectivity index (χ4v) is 3.72. The van der Waals surface area contributed by atoms with Crippen LogP contribution in [0.15, 0.2) is 23.1 Å². The Balaban J connectivity index is 2.47. The first-order valence-corrected chi connectivity index (χ1v) is 6.90. The zero-order valence-electron chi connectivity index (χ0n) is 8.73. The number of sulfone groups is 1. The van der Waals surface area contributed by atoms with Gasteiger partial charge in [-0.05, 0) is 31.9 Å². The maximum Gasteiger partial charge on any atom is 0.182 e. The number of carbonyl (C=O) groups excluding carboxylic acids is 1. The molecule has 1 saturated carbocycles. The summed E-state index contributed by atoms with van der Waals surface area (Å²) < 4.78 is 23.9. The minimum absolute atomic E-state index is 0.128. The number of ketones is 1. The van der Waals surface area contributed by atoms with Crippen LogP contribution in [0.2, 0.25) is 5.02 Å². The van der Waals surface area contributed by atoms with Gasteiger partial charge in [0.25, 0.3) is 0 Å². The van der Waals surface area contributed by atoms with E-state index in [0.717, 1.165) is 0 Å². The SMILES string of the molecule is CC(=O)c1ccc(S(=O)(=O)C2CC2)c(Cl)c1. The summed E-state index contributed by atoms with van der Waals surface area (Å²) in [4.78, 5) is 11.2. The third kappa shape index (κ3) is 1.99. The average molecular weight is 259 g/mol. The Hall–Kier alpha value is -0.870. The highest BCUT2D eigenvalue weighted by atomic mass is 35.5. The molecule has 1 fully saturated rings. The maximum atomic E-state index is 11.9. The van der Waals surface area contributed by atoms with Crippen molar-refractivity contribution in [2.45, 2.75) is 29.9 Å². The van der Waals surface area contributed by atoms with Gasteiger partial charge in [-0.15, -0.1) is 0 Å². The quantitative estimate of drug-likeness (QED) is 0.783. The molecule has 0 unspecified atom stereocenters. The molecule has 0 N–H and O–H groups in total. The van der Waals surface area contributed by atoms with Crippen LogP contribution in [0.4, 0.5) is 0 Å². The number of Topliss-reactive ketones (excluding diaryl/α,β-unsaturated/α-hetero) is 1. The normalized spacial score (nSPS) is 16.1. The zero-order chi connectivity index (χ0) is 11.9.